The molecule has 1 saturated heterocycles. The zero-order chi connectivity index (χ0) is 15.3. The van der Waals surface area contributed by atoms with E-state index in [-0.39, 0.29) is 23.8 Å². The highest BCUT2D eigenvalue weighted by atomic mass is 16.5. The van der Waals surface area contributed by atoms with Crippen LogP contribution in [-0.4, -0.2) is 55.4 Å². The fourth-order valence-electron chi connectivity index (χ4n) is 2.97. The third-order valence-electron chi connectivity index (χ3n) is 4.77. The summed E-state index contributed by atoms with van der Waals surface area (Å²) in [7, 11) is 1.70. The Balaban J connectivity index is 1.67. The van der Waals surface area contributed by atoms with Crippen LogP contribution in [0.5, 0.6) is 0 Å². The first-order chi connectivity index (χ1) is 10.0. The lowest BCUT2D eigenvalue weighted by molar-refractivity contribution is -0.138. The third-order valence-corrected chi connectivity index (χ3v) is 4.77. The number of urea groups is 1. The molecule has 0 unspecified atom stereocenters. The molecule has 6 heteroatoms. The minimum absolute atomic E-state index is 0.00698. The van der Waals surface area contributed by atoms with Gasteiger partial charge in [-0.25, -0.2) is 4.79 Å². The average molecular weight is 298 g/mol. The van der Waals surface area contributed by atoms with E-state index in [1.807, 2.05) is 4.90 Å². The van der Waals surface area contributed by atoms with Crippen LogP contribution in [-0.2, 0) is 9.53 Å². The number of ether oxygens (including phenoxy) is 1. The zero-order valence-corrected chi connectivity index (χ0v) is 12.8. The minimum Gasteiger partial charge on any atom is -0.481 e. The number of aliphatic carboxylic acids is 1. The summed E-state index contributed by atoms with van der Waals surface area (Å²) in [5.41, 5.74) is 0.257. The second-order valence-corrected chi connectivity index (χ2v) is 6.43. The molecular formula is C15H26N2O4. The van der Waals surface area contributed by atoms with E-state index in [0.717, 1.165) is 45.3 Å². The van der Waals surface area contributed by atoms with E-state index in [1.165, 1.54) is 0 Å². The smallest absolute Gasteiger partial charge is 0.317 e. The van der Waals surface area contributed by atoms with Gasteiger partial charge in [-0.1, -0.05) is 0 Å². The second-order valence-electron chi connectivity index (χ2n) is 6.43. The highest BCUT2D eigenvalue weighted by molar-refractivity contribution is 5.74. The van der Waals surface area contributed by atoms with Gasteiger partial charge in [0.2, 0.25) is 0 Å². The van der Waals surface area contributed by atoms with Crippen molar-refractivity contribution in [3.05, 3.63) is 0 Å². The summed E-state index contributed by atoms with van der Waals surface area (Å²) in [6.07, 6.45) is 5.12. The van der Waals surface area contributed by atoms with Crippen molar-refractivity contribution in [1.82, 2.24) is 10.2 Å². The molecule has 0 aromatic heterocycles. The van der Waals surface area contributed by atoms with E-state index in [4.69, 9.17) is 9.84 Å². The quantitative estimate of drug-likeness (QED) is 0.750. The van der Waals surface area contributed by atoms with Crippen LogP contribution < -0.4 is 5.32 Å². The standard InChI is InChI=1S/C15H26N2O4/c1-21-9-6-15(4-5-15)11-16-14(20)17-7-2-12(3-8-17)10-13(18)19/h12H,2-11H2,1H3,(H,16,20)(H,18,19). The van der Waals surface area contributed by atoms with Crippen molar-refractivity contribution in [2.75, 3.05) is 33.4 Å². The maximum Gasteiger partial charge on any atom is 0.317 e. The zero-order valence-electron chi connectivity index (χ0n) is 12.8. The Kier molecular flexibility index (Phi) is 5.45. The van der Waals surface area contributed by atoms with Gasteiger partial charge in [-0.3, -0.25) is 4.79 Å². The number of likely N-dealkylation sites (tertiary alicyclic amines) is 1. The molecule has 1 heterocycles. The number of nitrogens with one attached hydrogen (secondary N) is 1. The summed E-state index contributed by atoms with van der Waals surface area (Å²) < 4.78 is 5.11. The van der Waals surface area contributed by atoms with Crippen LogP contribution in [0.1, 0.15) is 38.5 Å². The van der Waals surface area contributed by atoms with Gasteiger partial charge < -0.3 is 20.1 Å². The number of carbonyl (C=O) groups is 2. The lowest BCUT2D eigenvalue weighted by Gasteiger charge is -2.32. The molecule has 2 amide bonds. The molecule has 1 aliphatic heterocycles. The molecule has 6 nitrogen and oxygen atoms in total. The second kappa shape index (κ2) is 7.11. The highest BCUT2D eigenvalue weighted by Crippen LogP contribution is 2.48. The summed E-state index contributed by atoms with van der Waals surface area (Å²) in [6, 6.07) is -0.00698. The summed E-state index contributed by atoms with van der Waals surface area (Å²) in [5, 5.41) is 11.8. The molecule has 2 rings (SSSR count). The van der Waals surface area contributed by atoms with E-state index >= 15 is 0 Å². The molecule has 1 aliphatic carbocycles. The number of nitrogens with zero attached hydrogens (tertiary/aromatic N) is 1. The molecule has 2 aliphatic rings. The molecule has 0 aromatic carbocycles. The van der Waals surface area contributed by atoms with Crippen molar-refractivity contribution >= 4 is 12.0 Å². The number of methoxy groups -OCH3 is 1. The van der Waals surface area contributed by atoms with E-state index in [0.29, 0.717) is 13.1 Å². The lowest BCUT2D eigenvalue weighted by Crippen LogP contribution is -2.46. The topological polar surface area (TPSA) is 78.9 Å². The molecular weight excluding hydrogens is 272 g/mol. The highest BCUT2D eigenvalue weighted by Gasteiger charge is 2.42. The van der Waals surface area contributed by atoms with Gasteiger partial charge >= 0.3 is 12.0 Å². The van der Waals surface area contributed by atoms with Crippen molar-refractivity contribution in [2.24, 2.45) is 11.3 Å². The largest absolute Gasteiger partial charge is 0.481 e. The molecule has 0 aromatic rings. The summed E-state index contributed by atoms with van der Waals surface area (Å²) in [4.78, 5) is 24.6. The van der Waals surface area contributed by atoms with E-state index in [9.17, 15) is 9.59 Å². The third kappa shape index (κ3) is 4.88. The fraction of sp³-hybridized carbons (Fsp3) is 0.867. The summed E-state index contributed by atoms with van der Waals surface area (Å²) >= 11 is 0. The molecule has 0 radical (unpaired) electrons. The van der Waals surface area contributed by atoms with E-state index in [1.54, 1.807) is 7.11 Å². The van der Waals surface area contributed by atoms with Gasteiger partial charge in [0, 0.05) is 39.8 Å². The molecule has 1 saturated carbocycles. The lowest BCUT2D eigenvalue weighted by atomic mass is 9.94. The number of carbonyl (C=O) groups excluding carboxylic acids is 1. The fourth-order valence-corrected chi connectivity index (χ4v) is 2.97. The van der Waals surface area contributed by atoms with E-state index < -0.39 is 5.97 Å². The van der Waals surface area contributed by atoms with Crippen LogP contribution >= 0.6 is 0 Å². The Morgan fingerprint density at radius 2 is 2.00 bits per heavy atom. The minimum atomic E-state index is -0.744. The SMILES string of the molecule is COCCC1(CNC(=O)N2CCC(CC(=O)O)CC2)CC1. The van der Waals surface area contributed by atoms with Crippen molar-refractivity contribution in [2.45, 2.75) is 38.5 Å². The van der Waals surface area contributed by atoms with Crippen molar-refractivity contribution < 1.29 is 19.4 Å². The van der Waals surface area contributed by atoms with Crippen LogP contribution in [0.15, 0.2) is 0 Å². The number of hydrogen-bond acceptors (Lipinski definition) is 3. The van der Waals surface area contributed by atoms with Crippen LogP contribution in [0.2, 0.25) is 0 Å². The van der Waals surface area contributed by atoms with E-state index in [2.05, 4.69) is 5.32 Å². The monoisotopic (exact) mass is 298 g/mol. The Bertz CT molecular complexity index is 374. The van der Waals surface area contributed by atoms with Crippen LogP contribution in [0.3, 0.4) is 0 Å². The van der Waals surface area contributed by atoms with Crippen LogP contribution in [0.25, 0.3) is 0 Å². The first kappa shape index (κ1) is 16.1. The predicted molar refractivity (Wildman–Crippen MR) is 78.1 cm³/mol. The number of piperidine rings is 1. The first-order valence-corrected chi connectivity index (χ1v) is 7.78. The number of amides is 2. The summed E-state index contributed by atoms with van der Waals surface area (Å²) in [6.45, 7) is 2.80. The Labute approximate surface area is 125 Å². The number of carboxylic acids is 1. The molecule has 0 spiro atoms. The molecule has 2 fully saturated rings. The maximum atomic E-state index is 12.1. The Hall–Kier alpha value is -1.30. The normalized spacial score (nSPS) is 21.1. The number of hydrogen-bond donors (Lipinski definition) is 2. The maximum absolute atomic E-state index is 12.1. The van der Waals surface area contributed by atoms with Crippen molar-refractivity contribution in [1.29, 1.82) is 0 Å². The number of carboxylic acid groups (broad SMARTS) is 1. The van der Waals surface area contributed by atoms with Gasteiger partial charge in [-0.2, -0.15) is 0 Å². The molecule has 120 valence electrons. The summed E-state index contributed by atoms with van der Waals surface area (Å²) in [5.74, 6) is -0.533. The molecule has 0 atom stereocenters. The van der Waals surface area contributed by atoms with Gasteiger partial charge in [0.25, 0.3) is 0 Å². The number of rotatable bonds is 7. The van der Waals surface area contributed by atoms with Gasteiger partial charge in [-0.15, -0.1) is 0 Å². The first-order valence-electron chi connectivity index (χ1n) is 7.78. The Morgan fingerprint density at radius 1 is 1.33 bits per heavy atom. The Morgan fingerprint density at radius 3 is 2.52 bits per heavy atom. The average Bonchev–Trinajstić information content (AvgIpc) is 3.23. The van der Waals surface area contributed by atoms with Crippen LogP contribution in [0.4, 0.5) is 4.79 Å². The molecule has 21 heavy (non-hydrogen) atoms. The van der Waals surface area contributed by atoms with Gasteiger partial charge in [0.1, 0.15) is 0 Å². The van der Waals surface area contributed by atoms with Crippen molar-refractivity contribution in [3.63, 3.8) is 0 Å². The molecule has 0 bridgehead atoms. The van der Waals surface area contributed by atoms with Gasteiger partial charge in [-0.05, 0) is 43.4 Å². The van der Waals surface area contributed by atoms with Crippen molar-refractivity contribution in [3.8, 4) is 0 Å². The molecule has 2 N–H and O–H groups in total. The van der Waals surface area contributed by atoms with Gasteiger partial charge in [0.15, 0.2) is 0 Å². The predicted octanol–water partition coefficient (Wildman–Crippen LogP) is 1.70. The van der Waals surface area contributed by atoms with Gasteiger partial charge in [0.05, 0.1) is 0 Å². The van der Waals surface area contributed by atoms with Crippen LogP contribution in [0, 0.1) is 11.3 Å².